The van der Waals surface area contributed by atoms with Crippen LogP contribution in [0.3, 0.4) is 0 Å². The molecule has 4 nitrogen and oxygen atoms in total. The van der Waals surface area contributed by atoms with Gasteiger partial charge in [-0.15, -0.1) is 0 Å². The number of hydrogen-bond donors (Lipinski definition) is 1. The van der Waals surface area contributed by atoms with E-state index in [1.165, 1.54) is 24.8 Å². The first kappa shape index (κ1) is 14.9. The molecule has 1 N–H and O–H groups in total. The van der Waals surface area contributed by atoms with Crippen LogP contribution in [0.4, 0.5) is 15.8 Å². The molecule has 0 aliphatic carbocycles. The van der Waals surface area contributed by atoms with Gasteiger partial charge in [0.25, 0.3) is 0 Å². The number of nitriles is 2. The van der Waals surface area contributed by atoms with Gasteiger partial charge in [0.15, 0.2) is 0 Å². The summed E-state index contributed by atoms with van der Waals surface area (Å²) in [5, 5.41) is 20.4. The standard InChI is InChI=1S/C16H17FN4/c1-12-3-2-6-21(11-12)16-5-4-14(17)7-15(16)20-10-13(8-18)9-19/h4-5,7,10,12,20H,2-3,6,11H2,1H3. The van der Waals surface area contributed by atoms with Crippen LogP contribution in [-0.2, 0) is 0 Å². The van der Waals surface area contributed by atoms with Crippen LogP contribution in [0.5, 0.6) is 0 Å². The zero-order valence-corrected chi connectivity index (χ0v) is 11.9. The van der Waals surface area contributed by atoms with Crippen LogP contribution in [0.1, 0.15) is 19.8 Å². The van der Waals surface area contributed by atoms with Crippen molar-refractivity contribution in [3.63, 3.8) is 0 Å². The largest absolute Gasteiger partial charge is 0.370 e. The highest BCUT2D eigenvalue weighted by atomic mass is 19.1. The first-order valence-electron chi connectivity index (χ1n) is 6.95. The highest BCUT2D eigenvalue weighted by molar-refractivity contribution is 5.71. The molecule has 1 heterocycles. The second-order valence-electron chi connectivity index (χ2n) is 5.28. The summed E-state index contributed by atoms with van der Waals surface area (Å²) in [7, 11) is 0. The Morgan fingerprint density at radius 3 is 2.86 bits per heavy atom. The average molecular weight is 284 g/mol. The maximum Gasteiger partial charge on any atom is 0.145 e. The number of rotatable bonds is 3. The first-order valence-corrected chi connectivity index (χ1v) is 6.95. The van der Waals surface area contributed by atoms with Crippen molar-refractivity contribution < 1.29 is 4.39 Å². The molecule has 2 rings (SSSR count). The highest BCUT2D eigenvalue weighted by Gasteiger charge is 2.19. The van der Waals surface area contributed by atoms with Gasteiger partial charge in [-0.25, -0.2) is 4.39 Å². The van der Waals surface area contributed by atoms with Crippen molar-refractivity contribution in [2.45, 2.75) is 19.8 Å². The second kappa shape index (κ2) is 6.76. The summed E-state index contributed by atoms with van der Waals surface area (Å²) in [6.45, 7) is 4.05. The summed E-state index contributed by atoms with van der Waals surface area (Å²) in [5.41, 5.74) is 1.43. The van der Waals surface area contributed by atoms with Gasteiger partial charge in [0.1, 0.15) is 23.5 Å². The van der Waals surface area contributed by atoms with Gasteiger partial charge >= 0.3 is 0 Å². The van der Waals surface area contributed by atoms with E-state index in [-0.39, 0.29) is 11.4 Å². The highest BCUT2D eigenvalue weighted by Crippen LogP contribution is 2.30. The molecule has 1 aliphatic rings. The molecule has 1 aromatic rings. The number of nitrogens with zero attached hydrogens (tertiary/aromatic N) is 3. The fraction of sp³-hybridized carbons (Fsp3) is 0.375. The Bertz CT molecular complexity index is 608. The molecule has 1 unspecified atom stereocenters. The predicted molar refractivity (Wildman–Crippen MR) is 79.9 cm³/mol. The molecule has 21 heavy (non-hydrogen) atoms. The molecule has 108 valence electrons. The number of hydrogen-bond acceptors (Lipinski definition) is 4. The van der Waals surface area contributed by atoms with Gasteiger partial charge in [-0.3, -0.25) is 0 Å². The molecule has 1 fully saturated rings. The lowest BCUT2D eigenvalue weighted by Crippen LogP contribution is -2.34. The number of benzene rings is 1. The van der Waals surface area contributed by atoms with Crippen LogP contribution >= 0.6 is 0 Å². The van der Waals surface area contributed by atoms with Gasteiger partial charge < -0.3 is 10.2 Å². The molecule has 5 heteroatoms. The quantitative estimate of drug-likeness (QED) is 0.864. The zero-order valence-electron chi connectivity index (χ0n) is 11.9. The van der Waals surface area contributed by atoms with Crippen LogP contribution in [0, 0.1) is 34.4 Å². The Kier molecular flexibility index (Phi) is 4.79. The summed E-state index contributed by atoms with van der Waals surface area (Å²) >= 11 is 0. The van der Waals surface area contributed by atoms with E-state index in [1.54, 1.807) is 18.2 Å². The third-order valence-corrected chi connectivity index (χ3v) is 3.57. The van der Waals surface area contributed by atoms with Gasteiger partial charge in [0.2, 0.25) is 0 Å². The Morgan fingerprint density at radius 2 is 2.19 bits per heavy atom. The lowest BCUT2D eigenvalue weighted by Gasteiger charge is -2.34. The van der Waals surface area contributed by atoms with Crippen molar-refractivity contribution >= 4 is 11.4 Å². The molecule has 0 bridgehead atoms. The maximum absolute atomic E-state index is 13.5. The smallest absolute Gasteiger partial charge is 0.145 e. The van der Waals surface area contributed by atoms with E-state index < -0.39 is 0 Å². The van der Waals surface area contributed by atoms with Gasteiger partial charge in [-0.2, -0.15) is 10.5 Å². The first-order chi connectivity index (χ1) is 10.1. The molecule has 0 saturated carbocycles. The molecule has 0 amide bonds. The monoisotopic (exact) mass is 284 g/mol. The summed E-state index contributed by atoms with van der Waals surface area (Å²) in [5.74, 6) is 0.246. The van der Waals surface area contributed by atoms with E-state index in [0.29, 0.717) is 11.6 Å². The van der Waals surface area contributed by atoms with Crippen LogP contribution in [-0.4, -0.2) is 13.1 Å². The third kappa shape index (κ3) is 3.73. The molecular formula is C16H17FN4. The van der Waals surface area contributed by atoms with Gasteiger partial charge in [0.05, 0.1) is 11.4 Å². The Balaban J connectivity index is 2.28. The van der Waals surface area contributed by atoms with Crippen LogP contribution < -0.4 is 10.2 Å². The molecule has 1 saturated heterocycles. The maximum atomic E-state index is 13.5. The third-order valence-electron chi connectivity index (χ3n) is 3.57. The molecule has 1 aliphatic heterocycles. The van der Waals surface area contributed by atoms with Gasteiger partial charge in [-0.05, 0) is 37.0 Å². The van der Waals surface area contributed by atoms with E-state index in [1.807, 2.05) is 0 Å². The fourth-order valence-corrected chi connectivity index (χ4v) is 2.55. The summed E-state index contributed by atoms with van der Waals surface area (Å²) in [6, 6.07) is 8.10. The van der Waals surface area contributed by atoms with Crippen molar-refractivity contribution in [3.8, 4) is 12.1 Å². The van der Waals surface area contributed by atoms with Gasteiger partial charge in [0, 0.05) is 19.3 Å². The molecule has 1 aromatic carbocycles. The number of halogens is 1. The summed E-state index contributed by atoms with van der Waals surface area (Å²) in [4.78, 5) is 2.21. The molecule has 1 atom stereocenters. The van der Waals surface area contributed by atoms with Crippen molar-refractivity contribution in [2.75, 3.05) is 23.3 Å². The second-order valence-corrected chi connectivity index (χ2v) is 5.28. The fourth-order valence-electron chi connectivity index (χ4n) is 2.55. The lowest BCUT2D eigenvalue weighted by atomic mass is 9.99. The lowest BCUT2D eigenvalue weighted by molar-refractivity contribution is 0.447. The summed E-state index contributed by atoms with van der Waals surface area (Å²) < 4.78 is 13.5. The minimum atomic E-state index is -0.352. The normalized spacial score (nSPS) is 17.5. The zero-order chi connectivity index (χ0) is 15.2. The number of piperidine rings is 1. The van der Waals surface area contributed by atoms with E-state index >= 15 is 0 Å². The average Bonchev–Trinajstić information content (AvgIpc) is 2.48. The minimum Gasteiger partial charge on any atom is -0.370 e. The van der Waals surface area contributed by atoms with E-state index in [0.717, 1.165) is 25.2 Å². The van der Waals surface area contributed by atoms with Crippen LogP contribution in [0.2, 0.25) is 0 Å². The minimum absolute atomic E-state index is 0.0442. The van der Waals surface area contributed by atoms with E-state index in [2.05, 4.69) is 17.1 Å². The Hall–Kier alpha value is -2.53. The number of allylic oxidation sites excluding steroid dienone is 1. The SMILES string of the molecule is CC1CCCN(c2ccc(F)cc2NC=C(C#N)C#N)C1. The molecular weight excluding hydrogens is 267 g/mol. The Morgan fingerprint density at radius 1 is 1.43 bits per heavy atom. The molecule has 0 spiro atoms. The van der Waals surface area contributed by atoms with Gasteiger partial charge in [-0.1, -0.05) is 6.92 Å². The van der Waals surface area contributed by atoms with E-state index in [4.69, 9.17) is 10.5 Å². The predicted octanol–water partition coefficient (Wildman–Crippen LogP) is 3.40. The Labute approximate surface area is 124 Å². The van der Waals surface area contributed by atoms with Crippen LogP contribution in [0.15, 0.2) is 30.0 Å². The van der Waals surface area contributed by atoms with Crippen molar-refractivity contribution in [3.05, 3.63) is 35.8 Å². The molecule has 0 aromatic heterocycles. The van der Waals surface area contributed by atoms with Crippen molar-refractivity contribution in [1.82, 2.24) is 0 Å². The van der Waals surface area contributed by atoms with Crippen LogP contribution in [0.25, 0.3) is 0 Å². The van der Waals surface area contributed by atoms with E-state index in [9.17, 15) is 4.39 Å². The summed E-state index contributed by atoms with van der Waals surface area (Å²) in [6.07, 6.45) is 3.62. The number of anilines is 2. The van der Waals surface area contributed by atoms with Crippen molar-refractivity contribution in [2.24, 2.45) is 5.92 Å². The topological polar surface area (TPSA) is 62.9 Å². The number of nitrogens with one attached hydrogen (secondary N) is 1. The molecule has 0 radical (unpaired) electrons. The van der Waals surface area contributed by atoms with Crippen molar-refractivity contribution in [1.29, 1.82) is 10.5 Å².